The second-order valence-electron chi connectivity index (χ2n) is 5.61. The Hall–Kier alpha value is -2.01. The van der Waals surface area contributed by atoms with E-state index in [0.717, 1.165) is 31.9 Å². The van der Waals surface area contributed by atoms with Gasteiger partial charge in [0.15, 0.2) is 5.96 Å². The third-order valence-corrected chi connectivity index (χ3v) is 4.48. The minimum absolute atomic E-state index is 0.316. The first-order valence-electron chi connectivity index (χ1n) is 7.93. The smallest absolute Gasteiger partial charge is 0.190 e. The molecule has 1 aromatic heterocycles. The summed E-state index contributed by atoms with van der Waals surface area (Å²) in [5.74, 6) is 1.63. The third kappa shape index (κ3) is 5.94. The summed E-state index contributed by atoms with van der Waals surface area (Å²) in [7, 11) is 1.80. The molecule has 1 unspecified atom stereocenters. The molecule has 0 fully saturated rings. The van der Waals surface area contributed by atoms with Crippen LogP contribution in [0.5, 0.6) is 5.75 Å². The Kier molecular flexibility index (Phi) is 6.94. The first-order chi connectivity index (χ1) is 11.2. The number of hydrogen-bond donors (Lipinski definition) is 3. The van der Waals surface area contributed by atoms with Crippen molar-refractivity contribution >= 4 is 17.3 Å². The number of hydrogen-bond acceptors (Lipinski definition) is 3. The van der Waals surface area contributed by atoms with Crippen LogP contribution < -0.4 is 10.6 Å². The van der Waals surface area contributed by atoms with Gasteiger partial charge in [0, 0.05) is 20.1 Å². The Morgan fingerprint density at radius 2 is 2.00 bits per heavy atom. The van der Waals surface area contributed by atoms with Crippen LogP contribution in [0, 0.1) is 0 Å². The quantitative estimate of drug-likeness (QED) is 0.414. The first-order valence-corrected chi connectivity index (χ1v) is 8.88. The highest BCUT2D eigenvalue weighted by molar-refractivity contribution is 7.07. The van der Waals surface area contributed by atoms with Gasteiger partial charge < -0.3 is 15.7 Å². The molecule has 1 atom stereocenters. The summed E-state index contributed by atoms with van der Waals surface area (Å²) in [6, 6.07) is 9.56. The van der Waals surface area contributed by atoms with Crippen molar-refractivity contribution in [2.45, 2.75) is 25.7 Å². The summed E-state index contributed by atoms with van der Waals surface area (Å²) in [6.07, 6.45) is 2.00. The number of guanidine groups is 1. The van der Waals surface area contributed by atoms with E-state index >= 15 is 0 Å². The lowest BCUT2D eigenvalue weighted by atomic mass is 10.1. The minimum Gasteiger partial charge on any atom is -0.508 e. The van der Waals surface area contributed by atoms with Gasteiger partial charge in [-0.15, -0.1) is 0 Å². The standard InChI is InChI=1S/C18H25N3OS/c1-14(16-9-11-23-13-16)12-21-18(19-2)20-10-3-4-15-5-7-17(22)8-6-15/h5-9,11,13-14,22H,3-4,10,12H2,1-2H3,(H2,19,20,21). The highest BCUT2D eigenvalue weighted by Crippen LogP contribution is 2.17. The summed E-state index contributed by atoms with van der Waals surface area (Å²) >= 11 is 1.73. The van der Waals surface area contributed by atoms with Crippen LogP contribution in [-0.4, -0.2) is 31.2 Å². The summed E-state index contributed by atoms with van der Waals surface area (Å²) in [5.41, 5.74) is 2.60. The fourth-order valence-corrected chi connectivity index (χ4v) is 3.09. The van der Waals surface area contributed by atoms with Gasteiger partial charge in [0.25, 0.3) is 0 Å². The molecule has 0 aliphatic rings. The fourth-order valence-electron chi connectivity index (χ4n) is 2.31. The van der Waals surface area contributed by atoms with Crippen LogP contribution in [0.2, 0.25) is 0 Å². The molecule has 5 heteroatoms. The van der Waals surface area contributed by atoms with E-state index in [1.54, 1.807) is 30.5 Å². The Bertz CT molecular complexity index is 593. The molecule has 2 rings (SSSR count). The molecular weight excluding hydrogens is 306 g/mol. The van der Waals surface area contributed by atoms with Crippen molar-refractivity contribution in [1.82, 2.24) is 10.6 Å². The van der Waals surface area contributed by atoms with Gasteiger partial charge in [0.05, 0.1) is 0 Å². The molecular formula is C18H25N3OS. The predicted molar refractivity (Wildman–Crippen MR) is 98.5 cm³/mol. The van der Waals surface area contributed by atoms with Crippen LogP contribution in [-0.2, 0) is 6.42 Å². The second kappa shape index (κ2) is 9.20. The van der Waals surface area contributed by atoms with Crippen LogP contribution in [0.25, 0.3) is 0 Å². The van der Waals surface area contributed by atoms with Gasteiger partial charge in [-0.1, -0.05) is 19.1 Å². The zero-order chi connectivity index (χ0) is 16.5. The number of thiophene rings is 1. The number of aromatic hydroxyl groups is 1. The number of rotatable bonds is 7. The molecule has 1 aromatic carbocycles. The number of phenolic OH excluding ortho intramolecular Hbond substituents is 1. The minimum atomic E-state index is 0.316. The van der Waals surface area contributed by atoms with Crippen molar-refractivity contribution in [2.24, 2.45) is 4.99 Å². The highest BCUT2D eigenvalue weighted by atomic mass is 32.1. The van der Waals surface area contributed by atoms with Crippen LogP contribution >= 0.6 is 11.3 Å². The van der Waals surface area contributed by atoms with E-state index in [9.17, 15) is 5.11 Å². The largest absolute Gasteiger partial charge is 0.508 e. The molecule has 4 nitrogen and oxygen atoms in total. The Labute approximate surface area is 142 Å². The van der Waals surface area contributed by atoms with Gasteiger partial charge in [-0.2, -0.15) is 11.3 Å². The SMILES string of the molecule is CN=C(NCCCc1ccc(O)cc1)NCC(C)c1ccsc1. The second-order valence-corrected chi connectivity index (χ2v) is 6.39. The maximum atomic E-state index is 9.27. The Balaban J connectivity index is 1.66. The van der Waals surface area contributed by atoms with Gasteiger partial charge in [-0.3, -0.25) is 4.99 Å². The third-order valence-electron chi connectivity index (χ3n) is 3.78. The van der Waals surface area contributed by atoms with E-state index in [1.807, 2.05) is 12.1 Å². The molecule has 0 saturated carbocycles. The van der Waals surface area contributed by atoms with Crippen molar-refractivity contribution in [3.63, 3.8) is 0 Å². The summed E-state index contributed by atoms with van der Waals surface area (Å²) in [5, 5.41) is 20.3. The summed E-state index contributed by atoms with van der Waals surface area (Å²) in [4.78, 5) is 4.26. The summed E-state index contributed by atoms with van der Waals surface area (Å²) in [6.45, 7) is 3.95. The number of nitrogens with zero attached hydrogens (tertiary/aromatic N) is 1. The lowest BCUT2D eigenvalue weighted by Gasteiger charge is -2.15. The number of benzene rings is 1. The molecule has 0 bridgehead atoms. The van der Waals surface area contributed by atoms with E-state index in [-0.39, 0.29) is 0 Å². The highest BCUT2D eigenvalue weighted by Gasteiger charge is 2.06. The maximum absolute atomic E-state index is 9.27. The van der Waals surface area contributed by atoms with Gasteiger partial charge in [0.1, 0.15) is 5.75 Å². The van der Waals surface area contributed by atoms with Crippen LogP contribution in [0.4, 0.5) is 0 Å². The zero-order valence-electron chi connectivity index (χ0n) is 13.7. The van der Waals surface area contributed by atoms with Gasteiger partial charge >= 0.3 is 0 Å². The lowest BCUT2D eigenvalue weighted by molar-refractivity contribution is 0.475. The molecule has 0 aliphatic carbocycles. The van der Waals surface area contributed by atoms with Gasteiger partial charge in [-0.25, -0.2) is 0 Å². The number of aliphatic imine (C=N–C) groups is 1. The molecule has 2 aromatic rings. The maximum Gasteiger partial charge on any atom is 0.190 e. The monoisotopic (exact) mass is 331 g/mol. The molecule has 0 aliphatic heterocycles. The van der Waals surface area contributed by atoms with Crippen molar-refractivity contribution in [3.8, 4) is 5.75 Å². The predicted octanol–water partition coefficient (Wildman–Crippen LogP) is 3.36. The average Bonchev–Trinajstić information content (AvgIpc) is 3.10. The number of phenols is 1. The molecule has 0 amide bonds. The van der Waals surface area contributed by atoms with E-state index in [0.29, 0.717) is 11.7 Å². The van der Waals surface area contributed by atoms with E-state index < -0.39 is 0 Å². The van der Waals surface area contributed by atoms with Crippen molar-refractivity contribution in [3.05, 3.63) is 52.2 Å². The van der Waals surface area contributed by atoms with Crippen molar-refractivity contribution < 1.29 is 5.11 Å². The Morgan fingerprint density at radius 1 is 1.22 bits per heavy atom. The fraction of sp³-hybridized carbons (Fsp3) is 0.389. The lowest BCUT2D eigenvalue weighted by Crippen LogP contribution is -2.39. The zero-order valence-corrected chi connectivity index (χ0v) is 14.6. The van der Waals surface area contributed by atoms with Gasteiger partial charge in [0.2, 0.25) is 0 Å². The molecule has 3 N–H and O–H groups in total. The normalized spacial score (nSPS) is 12.9. The van der Waals surface area contributed by atoms with Crippen LogP contribution in [0.15, 0.2) is 46.1 Å². The first kappa shape index (κ1) is 17.3. The number of nitrogens with one attached hydrogen (secondary N) is 2. The van der Waals surface area contributed by atoms with E-state index in [1.165, 1.54) is 11.1 Å². The molecule has 124 valence electrons. The van der Waals surface area contributed by atoms with E-state index in [4.69, 9.17) is 0 Å². The molecule has 0 spiro atoms. The summed E-state index contributed by atoms with van der Waals surface area (Å²) < 4.78 is 0. The number of aryl methyl sites for hydroxylation is 1. The van der Waals surface area contributed by atoms with Crippen LogP contribution in [0.3, 0.4) is 0 Å². The van der Waals surface area contributed by atoms with E-state index in [2.05, 4.69) is 39.4 Å². The van der Waals surface area contributed by atoms with Crippen molar-refractivity contribution in [1.29, 1.82) is 0 Å². The molecule has 0 radical (unpaired) electrons. The average molecular weight is 331 g/mol. The van der Waals surface area contributed by atoms with Crippen LogP contribution in [0.1, 0.15) is 30.4 Å². The molecule has 0 saturated heterocycles. The molecule has 1 heterocycles. The van der Waals surface area contributed by atoms with Crippen molar-refractivity contribution in [2.75, 3.05) is 20.1 Å². The van der Waals surface area contributed by atoms with Gasteiger partial charge in [-0.05, 0) is 58.8 Å². The Morgan fingerprint density at radius 3 is 2.65 bits per heavy atom. The topological polar surface area (TPSA) is 56.7 Å². The molecule has 23 heavy (non-hydrogen) atoms.